The Hall–Kier alpha value is -10.1. The molecule has 0 spiro atoms. The van der Waals surface area contributed by atoms with Gasteiger partial charge in [0.2, 0.25) is 0 Å². The van der Waals surface area contributed by atoms with E-state index in [4.69, 9.17) is 0 Å². The molecule has 0 aliphatic rings. The van der Waals surface area contributed by atoms with E-state index in [0.717, 1.165) is 33.5 Å². The lowest BCUT2D eigenvalue weighted by molar-refractivity contribution is 1.17. The molecule has 0 atom stereocenters. The number of benzene rings is 13. The number of para-hydroxylation sites is 3. The van der Waals surface area contributed by atoms with Gasteiger partial charge in [-0.05, 0) is 79.4 Å². The van der Waals surface area contributed by atoms with E-state index in [1.54, 1.807) is 0 Å². The third-order valence-corrected chi connectivity index (χ3v) is 23.1. The average Bonchev–Trinajstić information content (AvgIpc) is 3.71. The van der Waals surface area contributed by atoms with Crippen molar-refractivity contribution in [1.82, 2.24) is 9.13 Å². The van der Waals surface area contributed by atoms with E-state index in [2.05, 4.69) is 325 Å². The molecule has 0 aliphatic heterocycles. The Kier molecular flexibility index (Phi) is 11.4. The van der Waals surface area contributed by atoms with Crippen molar-refractivity contribution < 1.29 is 0 Å². The smallest absolute Gasteiger partial charge is 0.179 e. The third kappa shape index (κ3) is 7.53. The summed E-state index contributed by atoms with van der Waals surface area (Å²) in [5.74, 6) is 0. The lowest BCUT2D eigenvalue weighted by atomic mass is 9.95. The van der Waals surface area contributed by atoms with E-state index in [0.29, 0.717) is 0 Å². The molecule has 3 aromatic heterocycles. The second kappa shape index (κ2) is 19.6. The molecule has 4 heteroatoms. The SMILES string of the molecule is c1ccc(-c2ccc([Si](c3ccccc3)(c3ccccc3)c3cc(-c4ccccc4)c(-n4c5ccccc5c5cc(-n6c7ccccc7c7cccc(-c8cccc9c8sc8ccccc89)c76)ccc54)c(-c4ccccc4)c3)cc2)cc1. The first-order chi connectivity index (χ1) is 40.7. The summed E-state index contributed by atoms with van der Waals surface area (Å²) in [4.78, 5) is 0. The van der Waals surface area contributed by atoms with Crippen molar-refractivity contribution in [3.05, 3.63) is 315 Å². The van der Waals surface area contributed by atoms with Crippen LogP contribution in [0.5, 0.6) is 0 Å². The maximum atomic E-state index is 2.57. The van der Waals surface area contributed by atoms with Gasteiger partial charge in [-0.15, -0.1) is 11.3 Å². The molecular formula is C78H52N2SSi. The highest BCUT2D eigenvalue weighted by Gasteiger charge is 2.43. The van der Waals surface area contributed by atoms with Crippen molar-refractivity contribution in [2.24, 2.45) is 0 Å². The van der Waals surface area contributed by atoms with E-state index in [9.17, 15) is 0 Å². The molecule has 0 fully saturated rings. The largest absolute Gasteiger partial charge is 0.309 e. The maximum absolute atomic E-state index is 3.12. The minimum atomic E-state index is -3.12. The Morgan fingerprint density at radius 1 is 0.256 bits per heavy atom. The van der Waals surface area contributed by atoms with E-state index >= 15 is 0 Å². The van der Waals surface area contributed by atoms with Crippen LogP contribution in [-0.4, -0.2) is 17.2 Å². The van der Waals surface area contributed by atoms with Crippen molar-refractivity contribution in [2.75, 3.05) is 0 Å². The van der Waals surface area contributed by atoms with Gasteiger partial charge in [0.05, 0.1) is 27.8 Å². The molecule has 0 saturated heterocycles. The van der Waals surface area contributed by atoms with Gasteiger partial charge in [-0.25, -0.2) is 0 Å². The minimum Gasteiger partial charge on any atom is -0.309 e. The molecule has 82 heavy (non-hydrogen) atoms. The zero-order valence-electron chi connectivity index (χ0n) is 44.8. The monoisotopic (exact) mass is 1080 g/mol. The van der Waals surface area contributed by atoms with Crippen LogP contribution < -0.4 is 20.7 Å². The first kappa shape index (κ1) is 47.9. The fourth-order valence-corrected chi connectivity index (χ4v) is 19.5. The number of fused-ring (bicyclic) bond motifs is 9. The molecule has 0 aliphatic carbocycles. The van der Waals surface area contributed by atoms with Crippen molar-refractivity contribution in [1.29, 1.82) is 0 Å². The van der Waals surface area contributed by atoms with Crippen molar-refractivity contribution in [2.45, 2.75) is 0 Å². The van der Waals surface area contributed by atoms with Gasteiger partial charge in [0.25, 0.3) is 0 Å². The highest BCUT2D eigenvalue weighted by atomic mass is 32.1. The molecule has 0 amide bonds. The highest BCUT2D eigenvalue weighted by molar-refractivity contribution is 7.26. The van der Waals surface area contributed by atoms with Crippen LogP contribution in [0, 0.1) is 0 Å². The first-order valence-electron chi connectivity index (χ1n) is 28.2. The van der Waals surface area contributed by atoms with Crippen LogP contribution in [0.2, 0.25) is 0 Å². The molecule has 0 unspecified atom stereocenters. The molecule has 16 aromatic rings. The Bertz CT molecular complexity index is 4960. The van der Waals surface area contributed by atoms with Gasteiger partial charge in [0.1, 0.15) is 0 Å². The summed E-state index contributed by atoms with van der Waals surface area (Å²) in [5, 5.41) is 12.8. The van der Waals surface area contributed by atoms with E-state index < -0.39 is 8.07 Å². The Labute approximate surface area is 481 Å². The van der Waals surface area contributed by atoms with Gasteiger partial charge in [-0.1, -0.05) is 279 Å². The van der Waals surface area contributed by atoms with Gasteiger partial charge < -0.3 is 9.13 Å². The average molecular weight is 1080 g/mol. The predicted octanol–water partition coefficient (Wildman–Crippen LogP) is 18.3. The van der Waals surface area contributed by atoms with Crippen molar-refractivity contribution >= 4 is 104 Å². The molecule has 0 radical (unpaired) electrons. The topological polar surface area (TPSA) is 9.86 Å². The number of hydrogen-bond acceptors (Lipinski definition) is 1. The fourth-order valence-electron chi connectivity index (χ4n) is 13.5. The van der Waals surface area contributed by atoms with Crippen LogP contribution in [0.3, 0.4) is 0 Å². The maximum Gasteiger partial charge on any atom is 0.179 e. The standard InChI is InChI=1S/C78H52N2SSi/c1-6-24-53(25-7-1)54-44-47-60(48-45-54)82(58-30-12-4-13-31-58,59-32-14-5-15-33-59)61-51-69(55-26-8-2-9-27-55)77(70(52-61)56-28-10-3-11-29-56)80-73-42-20-17-35-63(73)71-50-57(46-49-74(71)80)79-72-41-19-16-34-62(72)65-37-22-38-66(76(65)79)68-40-23-39-67-64-36-18-21-43-75(64)81-78(67)68/h1-52H. The van der Waals surface area contributed by atoms with Crippen LogP contribution >= 0.6 is 11.3 Å². The zero-order chi connectivity index (χ0) is 54.1. The van der Waals surface area contributed by atoms with Crippen LogP contribution in [0.25, 0.3) is 120 Å². The van der Waals surface area contributed by atoms with Crippen LogP contribution in [0.1, 0.15) is 0 Å². The van der Waals surface area contributed by atoms with Crippen molar-refractivity contribution in [3.63, 3.8) is 0 Å². The molecule has 0 saturated carbocycles. The lowest BCUT2D eigenvalue weighted by Gasteiger charge is -2.36. The number of thiophene rings is 1. The second-order valence-electron chi connectivity index (χ2n) is 21.5. The second-order valence-corrected chi connectivity index (χ2v) is 26.3. The summed E-state index contributed by atoms with van der Waals surface area (Å²) in [6.07, 6.45) is 0. The molecule has 3 heterocycles. The predicted molar refractivity (Wildman–Crippen MR) is 353 cm³/mol. The number of hydrogen-bond donors (Lipinski definition) is 0. The molecule has 0 N–H and O–H groups in total. The normalized spacial score (nSPS) is 11.9. The van der Waals surface area contributed by atoms with Crippen LogP contribution in [0.4, 0.5) is 0 Å². The van der Waals surface area contributed by atoms with Gasteiger partial charge in [0, 0.05) is 69.7 Å². The first-order valence-corrected chi connectivity index (χ1v) is 31.1. The van der Waals surface area contributed by atoms with Crippen molar-refractivity contribution in [3.8, 4) is 55.9 Å². The molecule has 0 bridgehead atoms. The zero-order valence-corrected chi connectivity index (χ0v) is 46.6. The van der Waals surface area contributed by atoms with E-state index in [-0.39, 0.29) is 0 Å². The fraction of sp³-hybridized carbons (Fsp3) is 0. The van der Waals surface area contributed by atoms with Gasteiger partial charge in [0.15, 0.2) is 8.07 Å². The Morgan fingerprint density at radius 2 is 0.707 bits per heavy atom. The molecule has 384 valence electrons. The lowest BCUT2D eigenvalue weighted by Crippen LogP contribution is -2.74. The number of rotatable bonds is 10. The summed E-state index contributed by atoms with van der Waals surface area (Å²) < 4.78 is 7.73. The number of nitrogens with zero attached hydrogens (tertiary/aromatic N) is 2. The summed E-state index contributed by atoms with van der Waals surface area (Å²) >= 11 is 1.89. The van der Waals surface area contributed by atoms with Crippen LogP contribution in [-0.2, 0) is 0 Å². The Balaban J connectivity index is 0.983. The summed E-state index contributed by atoms with van der Waals surface area (Å²) in [5.41, 5.74) is 16.6. The summed E-state index contributed by atoms with van der Waals surface area (Å²) in [6, 6.07) is 118. The molecule has 13 aromatic carbocycles. The third-order valence-electron chi connectivity index (χ3n) is 17.1. The number of aromatic nitrogens is 2. The van der Waals surface area contributed by atoms with Gasteiger partial charge in [-0.2, -0.15) is 0 Å². The minimum absolute atomic E-state index is 1.12. The molecule has 16 rings (SSSR count). The van der Waals surface area contributed by atoms with E-state index in [1.165, 1.54) is 107 Å². The molecule has 2 nitrogen and oxygen atoms in total. The van der Waals surface area contributed by atoms with Gasteiger partial charge >= 0.3 is 0 Å². The molecular weight excluding hydrogens is 1030 g/mol. The van der Waals surface area contributed by atoms with E-state index in [1.807, 2.05) is 11.3 Å². The van der Waals surface area contributed by atoms with Crippen LogP contribution in [0.15, 0.2) is 315 Å². The quantitative estimate of drug-likeness (QED) is 0.0954. The summed E-state index contributed by atoms with van der Waals surface area (Å²) in [6.45, 7) is 0. The Morgan fingerprint density at radius 3 is 1.33 bits per heavy atom. The highest BCUT2D eigenvalue weighted by Crippen LogP contribution is 2.46. The summed E-state index contributed by atoms with van der Waals surface area (Å²) in [7, 11) is -3.12. The van der Waals surface area contributed by atoms with Gasteiger partial charge in [-0.3, -0.25) is 0 Å².